The van der Waals surface area contributed by atoms with Crippen molar-refractivity contribution in [2.24, 2.45) is 4.99 Å². The minimum absolute atomic E-state index is 0.0150. The molecule has 2 aromatic carbocycles. The van der Waals surface area contributed by atoms with E-state index in [4.69, 9.17) is 11.6 Å². The number of anilines is 1. The minimum Gasteiger partial charge on any atom is -0.545 e. The van der Waals surface area contributed by atoms with E-state index in [1.54, 1.807) is 24.3 Å². The highest BCUT2D eigenvalue weighted by Gasteiger charge is 2.35. The van der Waals surface area contributed by atoms with Crippen molar-refractivity contribution in [2.45, 2.75) is 18.6 Å². The number of nitrogens with one attached hydrogen (secondary N) is 1. The Balaban J connectivity index is 1.77. The monoisotopic (exact) mass is 430 g/mol. The molecule has 1 aliphatic rings. The number of thioether (sulfide) groups is 1. The van der Waals surface area contributed by atoms with Gasteiger partial charge in [0.25, 0.3) is 0 Å². The average molecular weight is 431 g/mol. The number of aliphatic imine (C=N–C) groups is 1. The van der Waals surface area contributed by atoms with Crippen LogP contribution in [-0.2, 0) is 9.59 Å². The topological polar surface area (TPSA) is 102 Å². The molecular formula is C20H17ClN3O4S-. The number of rotatable bonds is 5. The highest BCUT2D eigenvalue weighted by atomic mass is 35.5. The van der Waals surface area contributed by atoms with Crippen molar-refractivity contribution in [3.05, 3.63) is 59.1 Å². The lowest BCUT2D eigenvalue weighted by molar-refractivity contribution is -0.255. The molecule has 1 atom stereocenters. The lowest BCUT2D eigenvalue weighted by Crippen LogP contribution is -2.45. The van der Waals surface area contributed by atoms with Crippen molar-refractivity contribution in [1.82, 2.24) is 4.90 Å². The normalized spacial score (nSPS) is 18.0. The molecule has 1 N–H and O–H groups in total. The first-order valence-electron chi connectivity index (χ1n) is 8.81. The maximum absolute atomic E-state index is 12.7. The summed E-state index contributed by atoms with van der Waals surface area (Å²) >= 11 is 7.10. The molecule has 3 rings (SSSR count). The molecular weight excluding hydrogens is 414 g/mol. The third-order valence-corrected chi connectivity index (χ3v) is 5.63. The van der Waals surface area contributed by atoms with Crippen LogP contribution in [0.4, 0.5) is 11.4 Å². The van der Waals surface area contributed by atoms with Gasteiger partial charge < -0.3 is 15.2 Å². The van der Waals surface area contributed by atoms with Crippen LogP contribution in [0.3, 0.4) is 0 Å². The number of hydrogen-bond donors (Lipinski definition) is 1. The summed E-state index contributed by atoms with van der Waals surface area (Å²) < 4.78 is 0. The summed E-state index contributed by atoms with van der Waals surface area (Å²) in [6, 6.07) is 12.5. The van der Waals surface area contributed by atoms with Gasteiger partial charge in [0.05, 0.1) is 11.7 Å². The summed E-state index contributed by atoms with van der Waals surface area (Å²) in [5, 5.41) is 13.9. The van der Waals surface area contributed by atoms with Gasteiger partial charge in [-0.25, -0.2) is 4.99 Å². The third-order valence-electron chi connectivity index (χ3n) is 4.19. The summed E-state index contributed by atoms with van der Waals surface area (Å²) in [5.41, 5.74) is 1.07. The van der Waals surface area contributed by atoms with Crippen molar-refractivity contribution in [1.29, 1.82) is 0 Å². The molecule has 0 bridgehead atoms. The molecule has 0 spiro atoms. The van der Waals surface area contributed by atoms with Gasteiger partial charge in [0.15, 0.2) is 5.17 Å². The first-order chi connectivity index (χ1) is 13.9. The Labute approximate surface area is 176 Å². The standard InChI is InChI=1S/C20H18ClN3O4S/c1-2-24-17(25)11-16(29-20(24)23-15-9-5-13(21)6-10-15)18(26)22-14-7-3-12(4-8-14)19(27)28/h3-10,16H,2,11H2,1H3,(H,22,26)(H,27,28)/p-1/t16-/m0/s1. The molecule has 1 heterocycles. The molecule has 0 radical (unpaired) electrons. The number of halogens is 1. The highest BCUT2D eigenvalue weighted by Crippen LogP contribution is 2.30. The molecule has 7 nitrogen and oxygen atoms in total. The van der Waals surface area contributed by atoms with Crippen LogP contribution in [0, 0.1) is 0 Å². The first-order valence-corrected chi connectivity index (χ1v) is 10.1. The Morgan fingerprint density at radius 2 is 1.86 bits per heavy atom. The van der Waals surface area contributed by atoms with Crippen molar-refractivity contribution in [3.8, 4) is 0 Å². The number of carbonyl (C=O) groups excluding carboxylic acids is 3. The van der Waals surface area contributed by atoms with Gasteiger partial charge in [-0.1, -0.05) is 35.5 Å². The van der Waals surface area contributed by atoms with Crippen LogP contribution in [0.1, 0.15) is 23.7 Å². The quantitative estimate of drug-likeness (QED) is 0.785. The van der Waals surface area contributed by atoms with E-state index < -0.39 is 11.2 Å². The van der Waals surface area contributed by atoms with Gasteiger partial charge in [0, 0.05) is 23.7 Å². The number of hydrogen-bond acceptors (Lipinski definition) is 6. The summed E-state index contributed by atoms with van der Waals surface area (Å²) in [6.45, 7) is 2.28. The van der Waals surface area contributed by atoms with Crippen molar-refractivity contribution < 1.29 is 19.5 Å². The van der Waals surface area contributed by atoms with Crippen LogP contribution in [0.2, 0.25) is 5.02 Å². The van der Waals surface area contributed by atoms with Gasteiger partial charge in [-0.3, -0.25) is 14.5 Å². The fourth-order valence-corrected chi connectivity index (χ4v) is 3.98. The van der Waals surface area contributed by atoms with Gasteiger partial charge in [0.1, 0.15) is 5.25 Å². The number of nitrogens with zero attached hydrogens (tertiary/aromatic N) is 2. The number of carboxylic acid groups (broad SMARTS) is 1. The second-order valence-electron chi connectivity index (χ2n) is 6.17. The number of carboxylic acids is 1. The SMILES string of the molecule is CCN1C(=O)C[C@@H](C(=O)Nc2ccc(C(=O)[O-])cc2)SC1=Nc1ccc(Cl)cc1. The lowest BCUT2D eigenvalue weighted by atomic mass is 10.2. The maximum atomic E-state index is 12.7. The molecule has 29 heavy (non-hydrogen) atoms. The number of carbonyl (C=O) groups is 3. The zero-order valence-electron chi connectivity index (χ0n) is 15.4. The lowest BCUT2D eigenvalue weighted by Gasteiger charge is -2.30. The largest absolute Gasteiger partial charge is 0.545 e. The van der Waals surface area contributed by atoms with Crippen LogP contribution in [0.5, 0.6) is 0 Å². The summed E-state index contributed by atoms with van der Waals surface area (Å²) in [5.74, 6) is -1.84. The Morgan fingerprint density at radius 3 is 2.45 bits per heavy atom. The average Bonchev–Trinajstić information content (AvgIpc) is 2.70. The predicted molar refractivity (Wildman–Crippen MR) is 111 cm³/mol. The number of amidine groups is 1. The zero-order valence-corrected chi connectivity index (χ0v) is 17.0. The number of aromatic carboxylic acids is 1. The molecule has 9 heteroatoms. The van der Waals surface area contributed by atoms with Crippen molar-refractivity contribution in [2.75, 3.05) is 11.9 Å². The van der Waals surface area contributed by atoms with Crippen molar-refractivity contribution in [3.63, 3.8) is 0 Å². The van der Waals surface area contributed by atoms with Crippen LogP contribution >= 0.6 is 23.4 Å². The Kier molecular flexibility index (Phi) is 6.56. The van der Waals surface area contributed by atoms with Crippen LogP contribution in [0.15, 0.2) is 53.5 Å². The van der Waals surface area contributed by atoms with Crippen molar-refractivity contribution >= 4 is 57.7 Å². The Morgan fingerprint density at radius 1 is 1.21 bits per heavy atom. The molecule has 0 aromatic heterocycles. The van der Waals surface area contributed by atoms with Gasteiger partial charge in [0.2, 0.25) is 11.8 Å². The summed E-state index contributed by atoms with van der Waals surface area (Å²) in [6.07, 6.45) is 0.0428. The third kappa shape index (κ3) is 5.16. The van der Waals surface area contributed by atoms with E-state index in [1.807, 2.05) is 6.92 Å². The second-order valence-corrected chi connectivity index (χ2v) is 7.78. The predicted octanol–water partition coefficient (Wildman–Crippen LogP) is 2.68. The molecule has 1 aliphatic heterocycles. The summed E-state index contributed by atoms with van der Waals surface area (Å²) in [4.78, 5) is 42.1. The first kappa shape index (κ1) is 20.9. The second kappa shape index (κ2) is 9.11. The van der Waals surface area contributed by atoms with Gasteiger partial charge in [-0.15, -0.1) is 0 Å². The Hall–Kier alpha value is -2.84. The highest BCUT2D eigenvalue weighted by molar-refractivity contribution is 8.15. The van der Waals surface area contributed by atoms with E-state index in [2.05, 4.69) is 10.3 Å². The van der Waals surface area contributed by atoms with Gasteiger partial charge >= 0.3 is 0 Å². The zero-order chi connectivity index (χ0) is 21.0. The molecule has 1 fully saturated rings. The molecule has 1 saturated heterocycles. The van der Waals surface area contributed by atoms with E-state index in [-0.39, 0.29) is 23.8 Å². The molecule has 150 valence electrons. The van der Waals surface area contributed by atoms with E-state index in [0.29, 0.717) is 28.1 Å². The minimum atomic E-state index is -1.29. The number of amides is 2. The fourth-order valence-electron chi connectivity index (χ4n) is 2.69. The van der Waals surface area contributed by atoms with Crippen LogP contribution in [0.25, 0.3) is 0 Å². The van der Waals surface area contributed by atoms with E-state index in [0.717, 1.165) is 0 Å². The van der Waals surface area contributed by atoms with Gasteiger partial charge in [-0.2, -0.15) is 0 Å². The van der Waals surface area contributed by atoms with E-state index in [1.165, 1.54) is 40.9 Å². The molecule has 0 aliphatic carbocycles. The molecule has 2 amide bonds. The fraction of sp³-hybridized carbons (Fsp3) is 0.200. The molecule has 0 saturated carbocycles. The molecule has 0 unspecified atom stereocenters. The summed E-state index contributed by atoms with van der Waals surface area (Å²) in [7, 11) is 0. The van der Waals surface area contributed by atoms with Crippen LogP contribution in [-0.4, -0.2) is 39.6 Å². The van der Waals surface area contributed by atoms with E-state index in [9.17, 15) is 19.5 Å². The van der Waals surface area contributed by atoms with Gasteiger partial charge in [-0.05, 0) is 48.9 Å². The van der Waals surface area contributed by atoms with E-state index >= 15 is 0 Å². The number of benzene rings is 2. The van der Waals surface area contributed by atoms with Crippen LogP contribution < -0.4 is 10.4 Å². The smallest absolute Gasteiger partial charge is 0.238 e. The maximum Gasteiger partial charge on any atom is 0.238 e. The Bertz CT molecular complexity index is 961. The molecule has 2 aromatic rings.